The number of nitrogens with zero attached hydrogens (tertiary/aromatic N) is 3. The van der Waals surface area contributed by atoms with Crippen molar-refractivity contribution in [3.8, 4) is 0 Å². The minimum atomic E-state index is -0.460. The number of aryl methyl sites for hydroxylation is 1. The van der Waals surface area contributed by atoms with Crippen LogP contribution in [0.2, 0.25) is 0 Å². The van der Waals surface area contributed by atoms with E-state index in [-0.39, 0.29) is 12.3 Å². The second kappa shape index (κ2) is 4.70. The molecule has 0 saturated carbocycles. The molecule has 15 heavy (non-hydrogen) atoms. The molecule has 82 valence electrons. The average Bonchev–Trinajstić information content (AvgIpc) is 2.17. The minimum absolute atomic E-state index is 0.0103. The summed E-state index contributed by atoms with van der Waals surface area (Å²) in [5.41, 5.74) is 0.387. The summed E-state index contributed by atoms with van der Waals surface area (Å²) in [5.74, 6) is 0.618. The minimum Gasteiger partial charge on any atom is -0.395 e. The Hall–Kier alpha value is -1.69. The molecule has 0 radical (unpaired) electrons. The van der Waals surface area contributed by atoms with Gasteiger partial charge in [-0.3, -0.25) is 10.1 Å². The van der Waals surface area contributed by atoms with Gasteiger partial charge in [0.1, 0.15) is 11.5 Å². The molecule has 1 heterocycles. The summed E-state index contributed by atoms with van der Waals surface area (Å²) >= 11 is 0. The van der Waals surface area contributed by atoms with Crippen molar-refractivity contribution in [3.05, 3.63) is 27.9 Å². The van der Waals surface area contributed by atoms with Crippen LogP contribution in [-0.2, 0) is 0 Å². The van der Waals surface area contributed by atoms with Gasteiger partial charge in [-0.1, -0.05) is 0 Å². The Bertz CT molecular complexity index is 368. The van der Waals surface area contributed by atoms with Crippen LogP contribution in [0.4, 0.5) is 11.5 Å². The molecule has 1 rings (SSSR count). The lowest BCUT2D eigenvalue weighted by Gasteiger charge is -2.16. The maximum absolute atomic E-state index is 10.5. The first kappa shape index (κ1) is 11.4. The summed E-state index contributed by atoms with van der Waals surface area (Å²) < 4.78 is 0. The van der Waals surface area contributed by atoms with E-state index in [1.54, 1.807) is 24.9 Å². The van der Waals surface area contributed by atoms with E-state index in [0.717, 1.165) is 0 Å². The third-order valence-electron chi connectivity index (χ3n) is 2.07. The van der Waals surface area contributed by atoms with E-state index in [1.165, 1.54) is 6.07 Å². The molecule has 0 bridgehead atoms. The molecule has 0 amide bonds. The van der Waals surface area contributed by atoms with Crippen LogP contribution in [0.5, 0.6) is 0 Å². The second-order valence-corrected chi connectivity index (χ2v) is 3.18. The molecule has 1 N–H and O–H groups in total. The number of rotatable bonds is 4. The van der Waals surface area contributed by atoms with Gasteiger partial charge in [-0.25, -0.2) is 4.98 Å². The lowest BCUT2D eigenvalue weighted by molar-refractivity contribution is -0.385. The van der Waals surface area contributed by atoms with Gasteiger partial charge in [-0.15, -0.1) is 0 Å². The molecule has 1 aromatic heterocycles. The molecule has 0 spiro atoms. The zero-order valence-electron chi connectivity index (χ0n) is 8.67. The van der Waals surface area contributed by atoms with Gasteiger partial charge >= 0.3 is 0 Å². The molecule has 1 aromatic rings. The van der Waals surface area contributed by atoms with Gasteiger partial charge in [0.2, 0.25) is 0 Å². The molecule has 0 fully saturated rings. The van der Waals surface area contributed by atoms with Crippen molar-refractivity contribution < 1.29 is 10.0 Å². The highest BCUT2D eigenvalue weighted by Crippen LogP contribution is 2.19. The molecule has 0 aliphatic heterocycles. The SMILES string of the molecule is Cc1nc(N(C)CCO)ccc1[N+](=O)[O-]. The smallest absolute Gasteiger partial charge is 0.290 e. The van der Waals surface area contributed by atoms with E-state index in [9.17, 15) is 10.1 Å². The van der Waals surface area contributed by atoms with Gasteiger partial charge in [0.25, 0.3) is 5.69 Å². The number of hydrogen-bond donors (Lipinski definition) is 1. The number of likely N-dealkylation sites (N-methyl/N-ethyl adjacent to an activating group) is 1. The quantitative estimate of drug-likeness (QED) is 0.586. The topological polar surface area (TPSA) is 79.5 Å². The lowest BCUT2D eigenvalue weighted by atomic mass is 10.3. The normalized spacial score (nSPS) is 10.1. The van der Waals surface area contributed by atoms with Crippen molar-refractivity contribution in [1.29, 1.82) is 0 Å². The Morgan fingerprint density at radius 3 is 2.73 bits per heavy atom. The third kappa shape index (κ3) is 2.63. The van der Waals surface area contributed by atoms with Gasteiger partial charge < -0.3 is 10.0 Å². The van der Waals surface area contributed by atoms with E-state index < -0.39 is 4.92 Å². The first-order valence-corrected chi connectivity index (χ1v) is 4.50. The van der Waals surface area contributed by atoms with Gasteiger partial charge in [-0.2, -0.15) is 0 Å². The fourth-order valence-electron chi connectivity index (χ4n) is 1.21. The Morgan fingerprint density at radius 1 is 1.60 bits per heavy atom. The summed E-state index contributed by atoms with van der Waals surface area (Å²) in [6.45, 7) is 2.06. The molecular weight excluding hydrogens is 198 g/mol. The first-order valence-electron chi connectivity index (χ1n) is 4.50. The fourth-order valence-corrected chi connectivity index (χ4v) is 1.21. The van der Waals surface area contributed by atoms with Gasteiger partial charge in [0.05, 0.1) is 11.5 Å². The van der Waals surface area contributed by atoms with Crippen LogP contribution >= 0.6 is 0 Å². The maximum atomic E-state index is 10.5. The number of aromatic nitrogens is 1. The Morgan fingerprint density at radius 2 is 2.27 bits per heavy atom. The predicted molar refractivity (Wildman–Crippen MR) is 56.0 cm³/mol. The van der Waals surface area contributed by atoms with Crippen LogP contribution in [0.15, 0.2) is 12.1 Å². The Kier molecular flexibility index (Phi) is 3.56. The zero-order valence-corrected chi connectivity index (χ0v) is 8.67. The standard InChI is InChI=1S/C9H13N3O3/c1-7-8(12(14)15)3-4-9(10-7)11(2)5-6-13/h3-4,13H,5-6H2,1-2H3. The van der Waals surface area contributed by atoms with Crippen LogP contribution in [0.3, 0.4) is 0 Å². The van der Waals surface area contributed by atoms with Crippen molar-refractivity contribution in [3.63, 3.8) is 0 Å². The molecule has 0 aliphatic rings. The average molecular weight is 211 g/mol. The summed E-state index contributed by atoms with van der Waals surface area (Å²) in [7, 11) is 1.77. The van der Waals surface area contributed by atoms with Crippen LogP contribution in [-0.4, -0.2) is 35.2 Å². The highest BCUT2D eigenvalue weighted by molar-refractivity contribution is 5.46. The van der Waals surface area contributed by atoms with Crippen LogP contribution < -0.4 is 4.90 Å². The Balaban J connectivity index is 2.96. The van der Waals surface area contributed by atoms with Gasteiger partial charge in [0.15, 0.2) is 0 Å². The number of aliphatic hydroxyl groups is 1. The summed E-state index contributed by atoms with van der Waals surface area (Å²) in [4.78, 5) is 15.9. The van der Waals surface area contributed by atoms with Crippen molar-refractivity contribution in [2.45, 2.75) is 6.92 Å². The molecule has 0 atom stereocenters. The number of aliphatic hydroxyl groups excluding tert-OH is 1. The van der Waals surface area contributed by atoms with Crippen molar-refractivity contribution >= 4 is 11.5 Å². The zero-order chi connectivity index (χ0) is 11.4. The van der Waals surface area contributed by atoms with Crippen LogP contribution in [0, 0.1) is 17.0 Å². The summed E-state index contributed by atoms with van der Waals surface area (Å²) in [6, 6.07) is 2.99. The molecule has 0 aliphatic carbocycles. The Labute approximate surface area is 87.3 Å². The largest absolute Gasteiger partial charge is 0.395 e. The number of anilines is 1. The molecule has 6 nitrogen and oxygen atoms in total. The maximum Gasteiger partial charge on any atom is 0.290 e. The summed E-state index contributed by atoms with van der Waals surface area (Å²) in [6.07, 6.45) is 0. The first-order chi connectivity index (χ1) is 7.06. The van der Waals surface area contributed by atoms with Crippen LogP contribution in [0.25, 0.3) is 0 Å². The highest BCUT2D eigenvalue weighted by atomic mass is 16.6. The number of hydrogen-bond acceptors (Lipinski definition) is 5. The molecular formula is C9H13N3O3. The molecule has 0 aromatic carbocycles. The highest BCUT2D eigenvalue weighted by Gasteiger charge is 2.12. The van der Waals surface area contributed by atoms with E-state index in [2.05, 4.69) is 4.98 Å². The molecule has 6 heteroatoms. The van der Waals surface area contributed by atoms with Gasteiger partial charge in [-0.05, 0) is 13.0 Å². The van der Waals surface area contributed by atoms with E-state index in [0.29, 0.717) is 18.1 Å². The van der Waals surface area contributed by atoms with Crippen LogP contribution in [0.1, 0.15) is 5.69 Å². The van der Waals surface area contributed by atoms with Gasteiger partial charge in [0, 0.05) is 19.7 Å². The molecule has 0 saturated heterocycles. The fraction of sp³-hybridized carbons (Fsp3) is 0.444. The monoisotopic (exact) mass is 211 g/mol. The number of pyridine rings is 1. The molecule has 0 unspecified atom stereocenters. The third-order valence-corrected chi connectivity index (χ3v) is 2.07. The van der Waals surface area contributed by atoms with Crippen molar-refractivity contribution in [2.75, 3.05) is 25.1 Å². The van der Waals surface area contributed by atoms with E-state index in [1.807, 2.05) is 0 Å². The predicted octanol–water partition coefficient (Wildman–Crippen LogP) is 0.727. The number of nitro groups is 1. The lowest BCUT2D eigenvalue weighted by Crippen LogP contribution is -2.22. The van der Waals surface area contributed by atoms with E-state index >= 15 is 0 Å². The second-order valence-electron chi connectivity index (χ2n) is 3.18. The summed E-state index contributed by atoms with van der Waals surface area (Å²) in [5, 5.41) is 19.3. The van der Waals surface area contributed by atoms with Crippen molar-refractivity contribution in [1.82, 2.24) is 4.98 Å². The van der Waals surface area contributed by atoms with Crippen molar-refractivity contribution in [2.24, 2.45) is 0 Å². The van der Waals surface area contributed by atoms with E-state index in [4.69, 9.17) is 5.11 Å².